The zero-order valence-corrected chi connectivity index (χ0v) is 11.1. The molecule has 2 rings (SSSR count). The van der Waals surface area contributed by atoms with Crippen LogP contribution in [0.15, 0.2) is 54.1 Å². The number of rotatable bonds is 3. The standard InChI is InChI=1S/C17H16O2/c1-12-7-3-5-9-15(12)16-10-6-4-8-14(16)11-13(2)17(18)19/h3-11H,1-2H3,(H,18,19). The lowest BCUT2D eigenvalue weighted by atomic mass is 9.95. The zero-order valence-electron chi connectivity index (χ0n) is 11.1. The normalized spacial score (nSPS) is 11.4. The Kier molecular flexibility index (Phi) is 3.81. The summed E-state index contributed by atoms with van der Waals surface area (Å²) in [7, 11) is 0. The first-order chi connectivity index (χ1) is 9.09. The molecule has 2 aromatic carbocycles. The van der Waals surface area contributed by atoms with Crippen LogP contribution < -0.4 is 0 Å². The highest BCUT2D eigenvalue weighted by Crippen LogP contribution is 2.28. The van der Waals surface area contributed by atoms with Crippen LogP contribution in [0.4, 0.5) is 0 Å². The van der Waals surface area contributed by atoms with Crippen molar-refractivity contribution in [2.45, 2.75) is 13.8 Å². The number of aliphatic carboxylic acids is 1. The van der Waals surface area contributed by atoms with Gasteiger partial charge >= 0.3 is 5.97 Å². The molecular weight excluding hydrogens is 236 g/mol. The van der Waals surface area contributed by atoms with Gasteiger partial charge in [0.1, 0.15) is 0 Å². The average Bonchev–Trinajstić information content (AvgIpc) is 2.40. The van der Waals surface area contributed by atoms with Gasteiger partial charge in [0.2, 0.25) is 0 Å². The van der Waals surface area contributed by atoms with E-state index >= 15 is 0 Å². The summed E-state index contributed by atoms with van der Waals surface area (Å²) < 4.78 is 0. The molecular formula is C17H16O2. The molecule has 0 unspecified atom stereocenters. The summed E-state index contributed by atoms with van der Waals surface area (Å²) >= 11 is 0. The molecule has 0 aromatic heterocycles. The van der Waals surface area contributed by atoms with E-state index in [-0.39, 0.29) is 0 Å². The summed E-state index contributed by atoms with van der Waals surface area (Å²) in [6, 6.07) is 15.9. The molecule has 1 N–H and O–H groups in total. The Bertz CT molecular complexity index is 639. The van der Waals surface area contributed by atoms with E-state index in [0.717, 1.165) is 16.7 Å². The molecule has 0 aliphatic carbocycles. The molecule has 0 radical (unpaired) electrons. The molecule has 2 aromatic rings. The topological polar surface area (TPSA) is 37.3 Å². The van der Waals surface area contributed by atoms with Gasteiger partial charge in [0.05, 0.1) is 0 Å². The predicted octanol–water partition coefficient (Wildman–Crippen LogP) is 4.15. The van der Waals surface area contributed by atoms with E-state index in [1.807, 2.05) is 36.4 Å². The van der Waals surface area contributed by atoms with E-state index < -0.39 is 5.97 Å². The third kappa shape index (κ3) is 2.91. The molecule has 0 bridgehead atoms. The smallest absolute Gasteiger partial charge is 0.331 e. The molecule has 0 heterocycles. The van der Waals surface area contributed by atoms with Crippen LogP contribution in [-0.4, -0.2) is 11.1 Å². The second kappa shape index (κ2) is 5.53. The molecule has 0 fully saturated rings. The molecule has 0 atom stereocenters. The summed E-state index contributed by atoms with van der Waals surface area (Å²) in [6.07, 6.45) is 1.71. The Hall–Kier alpha value is -2.35. The Morgan fingerprint density at radius 1 is 1.00 bits per heavy atom. The van der Waals surface area contributed by atoms with Gasteiger partial charge < -0.3 is 5.11 Å². The number of aryl methyl sites for hydroxylation is 1. The molecule has 2 heteroatoms. The molecule has 0 amide bonds. The molecule has 96 valence electrons. The van der Waals surface area contributed by atoms with Crippen molar-refractivity contribution < 1.29 is 9.90 Å². The Labute approximate surface area is 113 Å². The van der Waals surface area contributed by atoms with Gasteiger partial charge in [0.25, 0.3) is 0 Å². The quantitative estimate of drug-likeness (QED) is 0.833. The summed E-state index contributed by atoms with van der Waals surface area (Å²) in [4.78, 5) is 11.0. The summed E-state index contributed by atoms with van der Waals surface area (Å²) in [6.45, 7) is 3.66. The van der Waals surface area contributed by atoms with E-state index in [4.69, 9.17) is 5.11 Å². The number of carbonyl (C=O) groups is 1. The molecule has 2 nitrogen and oxygen atoms in total. The third-order valence-corrected chi connectivity index (χ3v) is 3.11. The van der Waals surface area contributed by atoms with E-state index in [2.05, 4.69) is 19.1 Å². The van der Waals surface area contributed by atoms with Crippen molar-refractivity contribution in [3.63, 3.8) is 0 Å². The molecule has 0 saturated heterocycles. The maximum Gasteiger partial charge on any atom is 0.331 e. The van der Waals surface area contributed by atoms with Gasteiger partial charge in [-0.3, -0.25) is 0 Å². The van der Waals surface area contributed by atoms with Crippen molar-refractivity contribution in [3.05, 3.63) is 65.2 Å². The zero-order chi connectivity index (χ0) is 13.8. The number of benzene rings is 2. The summed E-state index contributed by atoms with van der Waals surface area (Å²) in [5.41, 5.74) is 4.63. The minimum atomic E-state index is -0.889. The number of hydrogen-bond acceptors (Lipinski definition) is 1. The van der Waals surface area contributed by atoms with Crippen LogP contribution in [0, 0.1) is 6.92 Å². The van der Waals surface area contributed by atoms with Crippen molar-refractivity contribution in [2.24, 2.45) is 0 Å². The van der Waals surface area contributed by atoms with E-state index in [1.54, 1.807) is 13.0 Å². The highest BCUT2D eigenvalue weighted by atomic mass is 16.4. The van der Waals surface area contributed by atoms with Gasteiger partial charge in [0, 0.05) is 5.57 Å². The fourth-order valence-electron chi connectivity index (χ4n) is 2.04. The first-order valence-electron chi connectivity index (χ1n) is 6.16. The first-order valence-corrected chi connectivity index (χ1v) is 6.16. The fourth-order valence-corrected chi connectivity index (χ4v) is 2.04. The average molecular weight is 252 g/mol. The second-order valence-corrected chi connectivity index (χ2v) is 4.53. The van der Waals surface area contributed by atoms with Gasteiger partial charge in [-0.2, -0.15) is 0 Å². The Balaban J connectivity index is 2.57. The largest absolute Gasteiger partial charge is 0.478 e. The van der Waals surface area contributed by atoms with Crippen molar-refractivity contribution in [3.8, 4) is 11.1 Å². The van der Waals surface area contributed by atoms with Crippen molar-refractivity contribution in [2.75, 3.05) is 0 Å². The number of hydrogen-bond donors (Lipinski definition) is 1. The van der Waals surface area contributed by atoms with Crippen molar-refractivity contribution in [1.29, 1.82) is 0 Å². The van der Waals surface area contributed by atoms with Gasteiger partial charge in [-0.15, -0.1) is 0 Å². The Morgan fingerprint density at radius 2 is 1.58 bits per heavy atom. The van der Waals surface area contributed by atoms with Crippen molar-refractivity contribution in [1.82, 2.24) is 0 Å². The fraction of sp³-hybridized carbons (Fsp3) is 0.118. The lowest BCUT2D eigenvalue weighted by Crippen LogP contribution is -1.96. The van der Waals surface area contributed by atoms with Gasteiger partial charge in [-0.05, 0) is 42.2 Å². The SMILES string of the molecule is CC(=Cc1ccccc1-c1ccccc1C)C(=O)O. The van der Waals surface area contributed by atoms with Crippen LogP contribution in [-0.2, 0) is 4.79 Å². The molecule has 19 heavy (non-hydrogen) atoms. The minimum absolute atomic E-state index is 0.334. The second-order valence-electron chi connectivity index (χ2n) is 4.53. The molecule has 0 aliphatic heterocycles. The van der Waals surface area contributed by atoms with Gasteiger partial charge in [0.15, 0.2) is 0 Å². The maximum atomic E-state index is 11.0. The summed E-state index contributed by atoms with van der Waals surface area (Å²) in [5.74, 6) is -0.889. The molecule has 0 aliphatic rings. The van der Waals surface area contributed by atoms with E-state index in [9.17, 15) is 4.79 Å². The highest BCUT2D eigenvalue weighted by molar-refractivity contribution is 5.93. The van der Waals surface area contributed by atoms with Crippen LogP contribution in [0.1, 0.15) is 18.1 Å². The van der Waals surface area contributed by atoms with Crippen LogP contribution in [0.5, 0.6) is 0 Å². The van der Waals surface area contributed by atoms with E-state index in [0.29, 0.717) is 5.57 Å². The van der Waals surface area contributed by atoms with Crippen LogP contribution in [0.3, 0.4) is 0 Å². The maximum absolute atomic E-state index is 11.0. The van der Waals surface area contributed by atoms with Crippen LogP contribution >= 0.6 is 0 Å². The monoisotopic (exact) mass is 252 g/mol. The van der Waals surface area contributed by atoms with Crippen molar-refractivity contribution >= 4 is 12.0 Å². The van der Waals surface area contributed by atoms with E-state index in [1.165, 1.54) is 5.56 Å². The van der Waals surface area contributed by atoms with Gasteiger partial charge in [-0.1, -0.05) is 48.5 Å². The van der Waals surface area contributed by atoms with Crippen LogP contribution in [0.2, 0.25) is 0 Å². The lowest BCUT2D eigenvalue weighted by Gasteiger charge is -2.09. The predicted molar refractivity (Wildman–Crippen MR) is 77.9 cm³/mol. The third-order valence-electron chi connectivity index (χ3n) is 3.11. The Morgan fingerprint density at radius 3 is 2.21 bits per heavy atom. The van der Waals surface area contributed by atoms with Crippen LogP contribution in [0.25, 0.3) is 17.2 Å². The minimum Gasteiger partial charge on any atom is -0.478 e. The first kappa shape index (κ1) is 13.1. The summed E-state index contributed by atoms with van der Waals surface area (Å²) in [5, 5.41) is 8.99. The lowest BCUT2D eigenvalue weighted by molar-refractivity contribution is -0.132. The molecule has 0 spiro atoms. The number of carboxylic acid groups (broad SMARTS) is 1. The van der Waals surface area contributed by atoms with Gasteiger partial charge in [-0.25, -0.2) is 4.79 Å². The number of carboxylic acids is 1. The highest BCUT2D eigenvalue weighted by Gasteiger charge is 2.07. The molecule has 0 saturated carbocycles.